The van der Waals surface area contributed by atoms with Crippen molar-refractivity contribution in [2.24, 2.45) is 0 Å². The maximum atomic E-state index is 13.5. The summed E-state index contributed by atoms with van der Waals surface area (Å²) in [5.41, 5.74) is 1.23. The Balaban J connectivity index is 1.90. The Morgan fingerprint density at radius 2 is 1.90 bits per heavy atom. The third-order valence-corrected chi connectivity index (χ3v) is 5.12. The van der Waals surface area contributed by atoms with Crippen molar-refractivity contribution in [1.82, 2.24) is 4.90 Å². The fraction of sp³-hybridized carbons (Fsp3) is 0.647. The first-order valence-corrected chi connectivity index (χ1v) is 7.90. The molecule has 1 atom stereocenters. The van der Waals surface area contributed by atoms with Crippen molar-refractivity contribution < 1.29 is 14.2 Å². The van der Waals surface area contributed by atoms with Crippen LogP contribution in [0.15, 0.2) is 18.2 Å². The molecular formula is C17H24FNO2. The summed E-state index contributed by atoms with van der Waals surface area (Å²) in [4.78, 5) is 2.40. The van der Waals surface area contributed by atoms with Crippen molar-refractivity contribution in [3.63, 3.8) is 0 Å². The molecule has 1 heterocycles. The Bertz CT molecular complexity index is 494. The average molecular weight is 293 g/mol. The van der Waals surface area contributed by atoms with Crippen LogP contribution in [0.4, 0.5) is 4.39 Å². The minimum Gasteiger partial charge on any atom is -0.386 e. The van der Waals surface area contributed by atoms with Crippen LogP contribution in [0.1, 0.15) is 42.9 Å². The molecule has 3 rings (SSSR count). The summed E-state index contributed by atoms with van der Waals surface area (Å²) in [5, 5.41) is 11.0. The summed E-state index contributed by atoms with van der Waals surface area (Å²) in [7, 11) is 0. The van der Waals surface area contributed by atoms with E-state index in [2.05, 4.69) is 4.90 Å². The number of aliphatic hydroxyl groups is 1. The molecule has 4 heteroatoms. The molecule has 1 saturated carbocycles. The van der Waals surface area contributed by atoms with Gasteiger partial charge in [0.1, 0.15) is 5.82 Å². The first-order chi connectivity index (χ1) is 10.1. The van der Waals surface area contributed by atoms with Gasteiger partial charge in [-0.15, -0.1) is 0 Å². The van der Waals surface area contributed by atoms with E-state index in [0.717, 1.165) is 57.6 Å². The fourth-order valence-corrected chi connectivity index (χ4v) is 3.91. The molecule has 2 fully saturated rings. The van der Waals surface area contributed by atoms with Gasteiger partial charge in [-0.1, -0.05) is 25.0 Å². The smallest absolute Gasteiger partial charge is 0.126 e. The molecule has 2 aliphatic rings. The first kappa shape index (κ1) is 14.9. The van der Waals surface area contributed by atoms with Crippen LogP contribution in [0.3, 0.4) is 0 Å². The number of nitrogens with zero attached hydrogens (tertiary/aromatic N) is 1. The fourth-order valence-electron chi connectivity index (χ4n) is 3.91. The summed E-state index contributed by atoms with van der Waals surface area (Å²) in [6.45, 7) is 4.96. The van der Waals surface area contributed by atoms with Gasteiger partial charge in [-0.3, -0.25) is 4.90 Å². The third-order valence-electron chi connectivity index (χ3n) is 5.12. The van der Waals surface area contributed by atoms with Crippen LogP contribution in [0.5, 0.6) is 0 Å². The normalized spacial score (nSPS) is 24.1. The van der Waals surface area contributed by atoms with Crippen LogP contribution in [-0.4, -0.2) is 41.8 Å². The van der Waals surface area contributed by atoms with Gasteiger partial charge in [0.25, 0.3) is 0 Å². The van der Waals surface area contributed by atoms with Gasteiger partial charge in [0.2, 0.25) is 0 Å². The molecule has 1 aromatic carbocycles. The highest BCUT2D eigenvalue weighted by atomic mass is 19.1. The molecule has 116 valence electrons. The minimum absolute atomic E-state index is 0.200. The van der Waals surface area contributed by atoms with Crippen LogP contribution in [0, 0.1) is 12.7 Å². The van der Waals surface area contributed by atoms with Crippen molar-refractivity contribution in [2.45, 2.75) is 44.2 Å². The van der Waals surface area contributed by atoms with E-state index in [4.69, 9.17) is 4.74 Å². The second-order valence-corrected chi connectivity index (χ2v) is 6.32. The maximum Gasteiger partial charge on any atom is 0.126 e. The lowest BCUT2D eigenvalue weighted by Crippen LogP contribution is -2.55. The highest BCUT2D eigenvalue weighted by molar-refractivity contribution is 5.28. The van der Waals surface area contributed by atoms with Gasteiger partial charge in [-0.25, -0.2) is 4.39 Å². The second-order valence-electron chi connectivity index (χ2n) is 6.32. The van der Waals surface area contributed by atoms with E-state index in [0.29, 0.717) is 5.56 Å². The van der Waals surface area contributed by atoms with Gasteiger partial charge < -0.3 is 9.84 Å². The van der Waals surface area contributed by atoms with E-state index in [1.807, 2.05) is 0 Å². The third kappa shape index (κ3) is 2.72. The predicted octanol–water partition coefficient (Wildman–Crippen LogP) is 2.81. The van der Waals surface area contributed by atoms with Gasteiger partial charge in [-0.2, -0.15) is 0 Å². The number of ether oxygens (including phenoxy) is 1. The monoisotopic (exact) mass is 293 g/mol. The summed E-state index contributed by atoms with van der Waals surface area (Å²) in [6, 6.07) is 4.99. The zero-order valence-corrected chi connectivity index (χ0v) is 12.6. The number of rotatable bonds is 3. The molecule has 0 aromatic heterocycles. The minimum atomic E-state index is -0.558. The summed E-state index contributed by atoms with van der Waals surface area (Å²) in [6.07, 6.45) is 3.75. The Labute approximate surface area is 125 Å². The quantitative estimate of drug-likeness (QED) is 0.930. The van der Waals surface area contributed by atoms with E-state index in [1.54, 1.807) is 19.1 Å². The number of halogens is 1. The number of benzene rings is 1. The Kier molecular flexibility index (Phi) is 4.29. The van der Waals surface area contributed by atoms with Crippen LogP contribution >= 0.6 is 0 Å². The average Bonchev–Trinajstić information content (AvgIpc) is 3.01. The predicted molar refractivity (Wildman–Crippen MR) is 79.7 cm³/mol. The molecule has 0 amide bonds. The number of hydrogen-bond donors (Lipinski definition) is 1. The van der Waals surface area contributed by atoms with E-state index in [9.17, 15) is 9.50 Å². The molecule has 0 spiro atoms. The molecule has 1 aliphatic carbocycles. The van der Waals surface area contributed by atoms with Crippen LogP contribution in [0.25, 0.3) is 0 Å². The number of aliphatic hydroxyl groups excluding tert-OH is 1. The van der Waals surface area contributed by atoms with Gasteiger partial charge in [-0.05, 0) is 37.0 Å². The number of hydrogen-bond acceptors (Lipinski definition) is 3. The Morgan fingerprint density at radius 1 is 1.24 bits per heavy atom. The molecule has 1 aromatic rings. The lowest BCUT2D eigenvalue weighted by Gasteiger charge is -2.46. The van der Waals surface area contributed by atoms with Crippen LogP contribution in [0.2, 0.25) is 0 Å². The summed E-state index contributed by atoms with van der Waals surface area (Å²) in [5.74, 6) is -0.210. The molecule has 3 nitrogen and oxygen atoms in total. The molecule has 1 unspecified atom stereocenters. The maximum absolute atomic E-state index is 13.5. The first-order valence-electron chi connectivity index (χ1n) is 7.90. The van der Waals surface area contributed by atoms with Gasteiger partial charge in [0, 0.05) is 13.1 Å². The van der Waals surface area contributed by atoms with E-state index in [-0.39, 0.29) is 11.4 Å². The highest BCUT2D eigenvalue weighted by Gasteiger charge is 2.46. The van der Waals surface area contributed by atoms with Crippen molar-refractivity contribution in [1.29, 1.82) is 0 Å². The highest BCUT2D eigenvalue weighted by Crippen LogP contribution is 2.45. The number of aryl methyl sites for hydroxylation is 1. The van der Waals surface area contributed by atoms with E-state index >= 15 is 0 Å². The standard InChI is InChI=1S/C17H24FNO2/c1-13-12-14(4-5-15(13)18)16(20)17(6-2-3-7-17)19-8-10-21-11-9-19/h4-5,12,16,20H,2-3,6-11H2,1H3. The van der Waals surface area contributed by atoms with Gasteiger partial charge >= 0.3 is 0 Å². The molecular weight excluding hydrogens is 269 g/mol. The van der Waals surface area contributed by atoms with Crippen molar-refractivity contribution in [3.05, 3.63) is 35.1 Å². The lowest BCUT2D eigenvalue weighted by molar-refractivity contribution is -0.0774. The second kappa shape index (κ2) is 6.03. The van der Waals surface area contributed by atoms with E-state index in [1.165, 1.54) is 6.07 Å². The lowest BCUT2D eigenvalue weighted by atomic mass is 9.83. The molecule has 1 saturated heterocycles. The molecule has 1 aliphatic heterocycles. The topological polar surface area (TPSA) is 32.7 Å². The molecule has 0 radical (unpaired) electrons. The Hall–Kier alpha value is -0.970. The SMILES string of the molecule is Cc1cc(C(O)C2(N3CCOCC3)CCCC2)ccc1F. The molecule has 1 N–H and O–H groups in total. The van der Waals surface area contributed by atoms with Gasteiger partial charge in [0.15, 0.2) is 0 Å². The zero-order chi connectivity index (χ0) is 14.9. The van der Waals surface area contributed by atoms with Crippen molar-refractivity contribution >= 4 is 0 Å². The van der Waals surface area contributed by atoms with Gasteiger partial charge in [0.05, 0.1) is 24.9 Å². The van der Waals surface area contributed by atoms with E-state index < -0.39 is 6.10 Å². The van der Waals surface area contributed by atoms with Crippen LogP contribution < -0.4 is 0 Å². The number of morpholine rings is 1. The zero-order valence-electron chi connectivity index (χ0n) is 12.6. The summed E-state index contributed by atoms with van der Waals surface area (Å²) >= 11 is 0. The van der Waals surface area contributed by atoms with Crippen molar-refractivity contribution in [3.8, 4) is 0 Å². The largest absolute Gasteiger partial charge is 0.386 e. The van der Waals surface area contributed by atoms with Crippen LogP contribution in [-0.2, 0) is 4.74 Å². The Morgan fingerprint density at radius 3 is 2.52 bits per heavy atom. The molecule has 0 bridgehead atoms. The van der Waals surface area contributed by atoms with Crippen molar-refractivity contribution in [2.75, 3.05) is 26.3 Å². The summed E-state index contributed by atoms with van der Waals surface area (Å²) < 4.78 is 18.9. The molecule has 21 heavy (non-hydrogen) atoms.